The zero-order valence-electron chi connectivity index (χ0n) is 18.4. The SMILES string of the molecule is COc1cc(/C=C(/C#N)C(=O)Nc2ccc(C)cc2C)cc(I)c1OCc1ccccc1Cl. The molecule has 33 heavy (non-hydrogen) atoms. The Labute approximate surface area is 212 Å². The third kappa shape index (κ3) is 6.28. The van der Waals surface area contributed by atoms with E-state index in [4.69, 9.17) is 21.1 Å². The van der Waals surface area contributed by atoms with E-state index < -0.39 is 5.91 Å². The van der Waals surface area contributed by atoms with Crippen LogP contribution in [0.2, 0.25) is 5.02 Å². The largest absolute Gasteiger partial charge is 0.493 e. The molecule has 0 heterocycles. The number of hydrogen-bond donors (Lipinski definition) is 1. The van der Waals surface area contributed by atoms with Crippen molar-refractivity contribution in [3.8, 4) is 17.6 Å². The summed E-state index contributed by atoms with van der Waals surface area (Å²) in [6.45, 7) is 4.17. The van der Waals surface area contributed by atoms with Crippen molar-refractivity contribution in [3.05, 3.63) is 91.0 Å². The topological polar surface area (TPSA) is 71.3 Å². The molecule has 1 amide bonds. The molecule has 0 aliphatic heterocycles. The van der Waals surface area contributed by atoms with Gasteiger partial charge in [-0.05, 0) is 77.9 Å². The smallest absolute Gasteiger partial charge is 0.266 e. The Hall–Kier alpha value is -3.02. The monoisotopic (exact) mass is 572 g/mol. The van der Waals surface area contributed by atoms with Crippen LogP contribution in [0.1, 0.15) is 22.3 Å². The van der Waals surface area contributed by atoms with Gasteiger partial charge in [0.2, 0.25) is 0 Å². The van der Waals surface area contributed by atoms with Crippen molar-refractivity contribution >= 4 is 51.9 Å². The van der Waals surface area contributed by atoms with E-state index in [1.54, 1.807) is 13.2 Å². The highest BCUT2D eigenvalue weighted by molar-refractivity contribution is 14.1. The van der Waals surface area contributed by atoms with Gasteiger partial charge >= 0.3 is 0 Å². The number of benzene rings is 3. The first-order valence-electron chi connectivity index (χ1n) is 10.1. The Morgan fingerprint density at radius 2 is 1.94 bits per heavy atom. The number of nitrogens with one attached hydrogen (secondary N) is 1. The van der Waals surface area contributed by atoms with Crippen molar-refractivity contribution in [2.24, 2.45) is 0 Å². The molecule has 0 radical (unpaired) electrons. The molecule has 3 aromatic carbocycles. The number of methoxy groups -OCH3 is 1. The van der Waals surface area contributed by atoms with Crippen molar-refractivity contribution in [1.82, 2.24) is 0 Å². The molecule has 0 saturated carbocycles. The van der Waals surface area contributed by atoms with Crippen molar-refractivity contribution in [2.75, 3.05) is 12.4 Å². The van der Waals surface area contributed by atoms with Crippen LogP contribution in [0.15, 0.2) is 60.2 Å². The van der Waals surface area contributed by atoms with E-state index in [1.165, 1.54) is 6.08 Å². The van der Waals surface area contributed by atoms with Gasteiger partial charge in [-0.2, -0.15) is 5.26 Å². The van der Waals surface area contributed by atoms with Gasteiger partial charge in [-0.15, -0.1) is 0 Å². The number of carbonyl (C=O) groups is 1. The molecule has 3 rings (SSSR count). The van der Waals surface area contributed by atoms with Gasteiger partial charge in [0.15, 0.2) is 11.5 Å². The highest BCUT2D eigenvalue weighted by Crippen LogP contribution is 2.35. The third-order valence-electron chi connectivity index (χ3n) is 4.89. The Morgan fingerprint density at radius 1 is 1.18 bits per heavy atom. The van der Waals surface area contributed by atoms with Crippen LogP contribution in [0.4, 0.5) is 5.69 Å². The standard InChI is InChI=1S/C26H22ClIN2O3/c1-16-8-9-23(17(2)10-16)30-26(31)20(14-29)11-18-12-22(28)25(24(13-18)32-3)33-15-19-6-4-5-7-21(19)27/h4-13H,15H2,1-3H3,(H,30,31)/b20-11-. The molecule has 0 bridgehead atoms. The number of halogens is 2. The number of carbonyl (C=O) groups excluding carboxylic acids is 1. The second kappa shape index (κ2) is 11.2. The van der Waals surface area contributed by atoms with E-state index in [0.717, 1.165) is 20.3 Å². The van der Waals surface area contributed by atoms with Gasteiger partial charge in [0.25, 0.3) is 5.91 Å². The number of ether oxygens (including phenoxy) is 2. The molecular formula is C26H22ClIN2O3. The summed E-state index contributed by atoms with van der Waals surface area (Å²) in [5.41, 5.74) is 4.18. The molecule has 1 N–H and O–H groups in total. The lowest BCUT2D eigenvalue weighted by Crippen LogP contribution is -2.14. The lowest BCUT2D eigenvalue weighted by Gasteiger charge is -2.14. The summed E-state index contributed by atoms with van der Waals surface area (Å²) in [6.07, 6.45) is 1.53. The van der Waals surface area contributed by atoms with E-state index in [9.17, 15) is 10.1 Å². The quantitative estimate of drug-likeness (QED) is 0.194. The lowest BCUT2D eigenvalue weighted by molar-refractivity contribution is -0.112. The van der Waals surface area contributed by atoms with Gasteiger partial charge in [-0.3, -0.25) is 4.79 Å². The minimum absolute atomic E-state index is 0.0161. The van der Waals surface area contributed by atoms with E-state index in [1.807, 2.05) is 68.4 Å². The first-order chi connectivity index (χ1) is 15.8. The molecule has 3 aromatic rings. The van der Waals surface area contributed by atoms with Gasteiger partial charge in [-0.25, -0.2) is 0 Å². The zero-order valence-corrected chi connectivity index (χ0v) is 21.3. The molecule has 0 fully saturated rings. The van der Waals surface area contributed by atoms with Gasteiger partial charge in [0.05, 0.1) is 10.7 Å². The highest BCUT2D eigenvalue weighted by atomic mass is 127. The Kier molecular flexibility index (Phi) is 8.37. The minimum Gasteiger partial charge on any atom is -0.493 e. The number of aryl methyl sites for hydroxylation is 2. The summed E-state index contributed by atoms with van der Waals surface area (Å²) in [6, 6.07) is 18.7. The molecule has 0 atom stereocenters. The number of nitrogens with zero attached hydrogens (tertiary/aromatic N) is 1. The van der Waals surface area contributed by atoms with Crippen LogP contribution in [0.25, 0.3) is 6.08 Å². The molecule has 5 nitrogen and oxygen atoms in total. The third-order valence-corrected chi connectivity index (χ3v) is 6.06. The first kappa shape index (κ1) is 24.6. The molecule has 0 saturated heterocycles. The van der Waals surface area contributed by atoms with Crippen LogP contribution in [0, 0.1) is 28.7 Å². The molecule has 0 unspecified atom stereocenters. The van der Waals surface area contributed by atoms with Crippen LogP contribution in [-0.2, 0) is 11.4 Å². The molecular weight excluding hydrogens is 551 g/mol. The summed E-state index contributed by atoms with van der Waals surface area (Å²) in [7, 11) is 1.54. The Bertz CT molecular complexity index is 1260. The Morgan fingerprint density at radius 3 is 2.61 bits per heavy atom. The number of rotatable bonds is 7. The van der Waals surface area contributed by atoms with Crippen LogP contribution < -0.4 is 14.8 Å². The van der Waals surface area contributed by atoms with Gasteiger partial charge in [0.1, 0.15) is 18.2 Å². The average Bonchev–Trinajstić information content (AvgIpc) is 2.79. The molecule has 0 aliphatic rings. The first-order valence-corrected chi connectivity index (χ1v) is 11.5. The maximum atomic E-state index is 12.7. The molecule has 0 aromatic heterocycles. The average molecular weight is 573 g/mol. The fourth-order valence-corrected chi connectivity index (χ4v) is 4.16. The molecule has 7 heteroatoms. The molecule has 168 valence electrons. The summed E-state index contributed by atoms with van der Waals surface area (Å²) in [5, 5.41) is 13.0. The second-order valence-corrected chi connectivity index (χ2v) is 8.93. The highest BCUT2D eigenvalue weighted by Gasteiger charge is 2.15. The van der Waals surface area contributed by atoms with Gasteiger partial charge in [-0.1, -0.05) is 47.5 Å². The van der Waals surface area contributed by atoms with E-state index in [-0.39, 0.29) is 12.2 Å². The van der Waals surface area contributed by atoms with E-state index in [2.05, 4.69) is 27.9 Å². The van der Waals surface area contributed by atoms with Crippen LogP contribution in [-0.4, -0.2) is 13.0 Å². The van der Waals surface area contributed by atoms with Crippen molar-refractivity contribution in [3.63, 3.8) is 0 Å². The summed E-state index contributed by atoms with van der Waals surface area (Å²) in [4.78, 5) is 12.7. The number of hydrogen-bond acceptors (Lipinski definition) is 4. The van der Waals surface area contributed by atoms with E-state index in [0.29, 0.717) is 27.8 Å². The number of anilines is 1. The van der Waals surface area contributed by atoms with Gasteiger partial charge < -0.3 is 14.8 Å². The summed E-state index contributed by atoms with van der Waals surface area (Å²) >= 11 is 8.36. The summed E-state index contributed by atoms with van der Waals surface area (Å²) < 4.78 is 12.3. The lowest BCUT2D eigenvalue weighted by atomic mass is 10.1. The van der Waals surface area contributed by atoms with E-state index >= 15 is 0 Å². The van der Waals surface area contributed by atoms with Crippen LogP contribution >= 0.6 is 34.2 Å². The zero-order chi connectivity index (χ0) is 24.0. The summed E-state index contributed by atoms with van der Waals surface area (Å²) in [5.74, 6) is 0.582. The number of amides is 1. The predicted molar refractivity (Wildman–Crippen MR) is 140 cm³/mol. The maximum absolute atomic E-state index is 12.7. The normalized spacial score (nSPS) is 11.0. The van der Waals surface area contributed by atoms with Crippen LogP contribution in [0.5, 0.6) is 11.5 Å². The predicted octanol–water partition coefficient (Wildman–Crippen LogP) is 6.69. The Balaban J connectivity index is 1.84. The second-order valence-electron chi connectivity index (χ2n) is 7.36. The van der Waals surface area contributed by atoms with Crippen molar-refractivity contribution < 1.29 is 14.3 Å². The fourth-order valence-electron chi connectivity index (χ4n) is 3.19. The maximum Gasteiger partial charge on any atom is 0.266 e. The van der Waals surface area contributed by atoms with Crippen molar-refractivity contribution in [2.45, 2.75) is 20.5 Å². The van der Waals surface area contributed by atoms with Crippen molar-refractivity contribution in [1.29, 1.82) is 5.26 Å². The van der Waals surface area contributed by atoms with Crippen LogP contribution in [0.3, 0.4) is 0 Å². The fraction of sp³-hybridized carbons (Fsp3) is 0.154. The molecule has 0 aliphatic carbocycles. The minimum atomic E-state index is -0.475. The number of nitriles is 1. The van der Waals surface area contributed by atoms with Gasteiger partial charge in [0, 0.05) is 16.3 Å². The molecule has 0 spiro atoms.